The van der Waals surface area contributed by atoms with Crippen LogP contribution in [0.1, 0.15) is 49.4 Å². The molecule has 7 N–H and O–H groups in total. The minimum absolute atomic E-state index is 0.0863. The van der Waals surface area contributed by atoms with Gasteiger partial charge in [0.15, 0.2) is 6.04 Å². The number of hydrogen-bond acceptors (Lipinski definition) is 5. The fraction of sp³-hybridized carbons (Fsp3) is 0.333. The standard InChI is InChI=1S/C21H29N5O4S/c1-3-5-10-26(31(24,29)30)18-12-14(4-2)11-16(13-18)19(21(27)28)25-17-8-6-15(7-9-17)20(22)23/h6-9,11-13,19,25H,3-5,10H2,1-2H3,(H3,22,23)(H,27,28)(H2,24,29,30). The molecule has 2 aromatic carbocycles. The average molecular weight is 448 g/mol. The molecule has 2 rings (SSSR count). The molecule has 0 saturated carbocycles. The molecule has 0 amide bonds. The van der Waals surface area contributed by atoms with Crippen molar-refractivity contribution >= 4 is 33.4 Å². The van der Waals surface area contributed by atoms with Crippen LogP contribution in [0.4, 0.5) is 11.4 Å². The van der Waals surface area contributed by atoms with Gasteiger partial charge in [0.2, 0.25) is 0 Å². The number of carboxylic acid groups (broad SMARTS) is 1. The number of anilines is 2. The zero-order chi connectivity index (χ0) is 23.2. The second-order valence-electron chi connectivity index (χ2n) is 7.16. The van der Waals surface area contributed by atoms with Gasteiger partial charge in [-0.15, -0.1) is 0 Å². The van der Waals surface area contributed by atoms with E-state index < -0.39 is 22.2 Å². The third-order valence-corrected chi connectivity index (χ3v) is 5.81. The van der Waals surface area contributed by atoms with Crippen molar-refractivity contribution in [2.45, 2.75) is 39.2 Å². The maximum atomic E-state index is 12.2. The third kappa shape index (κ3) is 6.43. The summed E-state index contributed by atoms with van der Waals surface area (Å²) >= 11 is 0. The number of amidine groups is 1. The van der Waals surface area contributed by atoms with E-state index in [1.165, 1.54) is 6.07 Å². The van der Waals surface area contributed by atoms with Crippen molar-refractivity contribution in [3.63, 3.8) is 0 Å². The average Bonchev–Trinajstić information content (AvgIpc) is 2.71. The van der Waals surface area contributed by atoms with E-state index in [1.54, 1.807) is 36.4 Å². The summed E-state index contributed by atoms with van der Waals surface area (Å²) in [6.45, 7) is 4.05. The number of carboxylic acids is 1. The lowest BCUT2D eigenvalue weighted by Crippen LogP contribution is -2.37. The number of carbonyl (C=O) groups is 1. The van der Waals surface area contributed by atoms with Crippen LogP contribution >= 0.6 is 0 Å². The zero-order valence-corrected chi connectivity index (χ0v) is 18.4. The Kier molecular flexibility index (Phi) is 8.01. The molecule has 0 aliphatic rings. The van der Waals surface area contributed by atoms with Gasteiger partial charge < -0.3 is 16.2 Å². The number of nitrogen functional groups attached to an aromatic ring is 1. The number of nitrogens with zero attached hydrogens (tertiary/aromatic N) is 1. The lowest BCUT2D eigenvalue weighted by atomic mass is 10.0. The van der Waals surface area contributed by atoms with Crippen LogP contribution in [0.5, 0.6) is 0 Å². The van der Waals surface area contributed by atoms with E-state index in [4.69, 9.17) is 16.3 Å². The Hall–Kier alpha value is -3.11. The van der Waals surface area contributed by atoms with Crippen LogP contribution in [-0.2, 0) is 21.4 Å². The van der Waals surface area contributed by atoms with Gasteiger partial charge >= 0.3 is 5.97 Å². The van der Waals surface area contributed by atoms with Gasteiger partial charge in [-0.2, -0.15) is 8.42 Å². The third-order valence-electron chi connectivity index (χ3n) is 4.81. The molecule has 168 valence electrons. The highest BCUT2D eigenvalue weighted by atomic mass is 32.2. The number of hydrogen-bond donors (Lipinski definition) is 5. The van der Waals surface area contributed by atoms with Crippen molar-refractivity contribution in [2.75, 3.05) is 16.2 Å². The minimum atomic E-state index is -4.02. The molecule has 0 aromatic heterocycles. The number of aliphatic carboxylic acids is 1. The summed E-state index contributed by atoms with van der Waals surface area (Å²) in [5.41, 5.74) is 8.03. The van der Waals surface area contributed by atoms with Gasteiger partial charge in [0.05, 0.1) is 5.69 Å². The van der Waals surface area contributed by atoms with Gasteiger partial charge in [0.1, 0.15) is 5.84 Å². The van der Waals surface area contributed by atoms with Crippen LogP contribution in [0.3, 0.4) is 0 Å². The van der Waals surface area contributed by atoms with Gasteiger partial charge in [-0.3, -0.25) is 9.71 Å². The predicted molar refractivity (Wildman–Crippen MR) is 123 cm³/mol. The Labute approximate surface area is 182 Å². The lowest BCUT2D eigenvalue weighted by Gasteiger charge is -2.25. The second-order valence-corrected chi connectivity index (χ2v) is 8.63. The largest absolute Gasteiger partial charge is 0.479 e. The van der Waals surface area contributed by atoms with Crippen LogP contribution < -0.4 is 20.5 Å². The topological polar surface area (TPSA) is 163 Å². The molecule has 10 heteroatoms. The van der Waals surface area contributed by atoms with E-state index in [9.17, 15) is 18.3 Å². The Balaban J connectivity index is 2.48. The highest BCUT2D eigenvalue weighted by Gasteiger charge is 2.24. The van der Waals surface area contributed by atoms with Crippen molar-refractivity contribution in [1.29, 1.82) is 5.41 Å². The first-order valence-corrected chi connectivity index (χ1v) is 11.4. The number of aryl methyl sites for hydroxylation is 1. The van der Waals surface area contributed by atoms with Crippen LogP contribution in [-0.4, -0.2) is 31.9 Å². The highest BCUT2D eigenvalue weighted by Crippen LogP contribution is 2.28. The number of nitrogens with one attached hydrogen (secondary N) is 2. The highest BCUT2D eigenvalue weighted by molar-refractivity contribution is 7.90. The van der Waals surface area contributed by atoms with Gasteiger partial charge in [-0.1, -0.05) is 26.3 Å². The minimum Gasteiger partial charge on any atom is -0.479 e. The summed E-state index contributed by atoms with van der Waals surface area (Å²) in [5, 5.41) is 25.7. The Bertz CT molecular complexity index is 1040. The van der Waals surface area contributed by atoms with Crippen LogP contribution in [0.25, 0.3) is 0 Å². The molecule has 0 radical (unpaired) electrons. The first kappa shape index (κ1) is 24.2. The molecule has 31 heavy (non-hydrogen) atoms. The monoisotopic (exact) mass is 447 g/mol. The maximum Gasteiger partial charge on any atom is 0.330 e. The van der Waals surface area contributed by atoms with Gasteiger partial charge in [0.25, 0.3) is 10.2 Å². The summed E-state index contributed by atoms with van der Waals surface area (Å²) in [5.74, 6) is -1.21. The van der Waals surface area contributed by atoms with Crippen molar-refractivity contribution in [2.24, 2.45) is 10.9 Å². The SMILES string of the molecule is CCCCN(c1cc(CC)cc(C(Nc2ccc(C(=N)N)cc2)C(=O)O)c1)S(N)(=O)=O. The lowest BCUT2D eigenvalue weighted by molar-refractivity contribution is -0.138. The molecule has 0 saturated heterocycles. The summed E-state index contributed by atoms with van der Waals surface area (Å²) in [6.07, 6.45) is 1.99. The second kappa shape index (κ2) is 10.3. The summed E-state index contributed by atoms with van der Waals surface area (Å²) in [4.78, 5) is 12.1. The first-order chi connectivity index (χ1) is 14.6. The van der Waals surface area contributed by atoms with E-state index in [-0.39, 0.29) is 12.4 Å². The molecule has 0 bridgehead atoms. The molecule has 0 aliphatic heterocycles. The number of unbranched alkanes of at least 4 members (excludes halogenated alkanes) is 1. The van der Waals surface area contributed by atoms with Crippen LogP contribution in [0, 0.1) is 5.41 Å². The van der Waals surface area contributed by atoms with Crippen molar-refractivity contribution in [3.8, 4) is 0 Å². The molecule has 1 unspecified atom stereocenters. The first-order valence-electron chi connectivity index (χ1n) is 9.95. The molecule has 0 spiro atoms. The Morgan fingerprint density at radius 3 is 2.32 bits per heavy atom. The van der Waals surface area contributed by atoms with E-state index in [0.29, 0.717) is 35.3 Å². The summed E-state index contributed by atoms with van der Waals surface area (Å²) in [6, 6.07) is 10.4. The fourth-order valence-electron chi connectivity index (χ4n) is 3.12. The van der Waals surface area contributed by atoms with E-state index in [1.807, 2.05) is 13.8 Å². The van der Waals surface area contributed by atoms with Gasteiger partial charge in [0, 0.05) is 17.8 Å². The molecular weight excluding hydrogens is 418 g/mol. The van der Waals surface area contributed by atoms with Gasteiger partial charge in [-0.25, -0.2) is 9.93 Å². The number of rotatable bonds is 11. The quantitative estimate of drug-likeness (QED) is 0.262. The zero-order valence-electron chi connectivity index (χ0n) is 17.6. The Morgan fingerprint density at radius 1 is 1.19 bits per heavy atom. The number of benzene rings is 2. The van der Waals surface area contributed by atoms with E-state index in [2.05, 4.69) is 5.32 Å². The van der Waals surface area contributed by atoms with E-state index in [0.717, 1.165) is 16.3 Å². The Morgan fingerprint density at radius 2 is 1.84 bits per heavy atom. The van der Waals surface area contributed by atoms with Crippen molar-refractivity contribution in [3.05, 3.63) is 59.2 Å². The van der Waals surface area contributed by atoms with Crippen LogP contribution in [0.15, 0.2) is 42.5 Å². The molecule has 0 aliphatic carbocycles. The smallest absolute Gasteiger partial charge is 0.330 e. The molecule has 1 atom stereocenters. The predicted octanol–water partition coefficient (Wildman–Crippen LogP) is 2.58. The fourth-order valence-corrected chi connectivity index (χ4v) is 3.90. The normalized spacial score (nSPS) is 12.2. The van der Waals surface area contributed by atoms with Crippen molar-refractivity contribution in [1.82, 2.24) is 0 Å². The molecule has 0 fully saturated rings. The molecule has 2 aromatic rings. The summed E-state index contributed by atoms with van der Waals surface area (Å²) < 4.78 is 25.5. The van der Waals surface area contributed by atoms with Crippen LogP contribution in [0.2, 0.25) is 0 Å². The molecule has 9 nitrogen and oxygen atoms in total. The number of nitrogens with two attached hydrogens (primary N) is 2. The maximum absolute atomic E-state index is 12.2. The summed E-state index contributed by atoms with van der Waals surface area (Å²) in [7, 11) is -4.02. The van der Waals surface area contributed by atoms with Gasteiger partial charge in [-0.05, 0) is 60.4 Å². The molecular formula is C21H29N5O4S. The molecule has 0 heterocycles. The van der Waals surface area contributed by atoms with E-state index >= 15 is 0 Å². The van der Waals surface area contributed by atoms with Crippen molar-refractivity contribution < 1.29 is 18.3 Å².